The number of hydrogen-bond acceptors (Lipinski definition) is 3. The monoisotopic (exact) mass is 148 g/mol. The number of H-pyrrole nitrogens is 1. The van der Waals surface area contributed by atoms with Gasteiger partial charge in [-0.05, 0) is 17.7 Å². The number of nitrogens with two attached hydrogens (primary N) is 1. The SMILES string of the molecule is NCc1ccc2[nH]nnc2c1. The molecule has 1 aromatic heterocycles. The van der Waals surface area contributed by atoms with Gasteiger partial charge in [0.05, 0.1) is 5.52 Å². The normalized spacial score (nSPS) is 10.6. The fraction of sp³-hybridized carbons (Fsp3) is 0.143. The first kappa shape index (κ1) is 6.30. The van der Waals surface area contributed by atoms with E-state index in [-0.39, 0.29) is 0 Å². The van der Waals surface area contributed by atoms with E-state index in [4.69, 9.17) is 5.73 Å². The fourth-order valence-corrected chi connectivity index (χ4v) is 1.01. The summed E-state index contributed by atoms with van der Waals surface area (Å²) in [5.41, 5.74) is 8.34. The van der Waals surface area contributed by atoms with Gasteiger partial charge in [-0.25, -0.2) is 0 Å². The molecule has 3 N–H and O–H groups in total. The van der Waals surface area contributed by atoms with Crippen LogP contribution >= 0.6 is 0 Å². The van der Waals surface area contributed by atoms with Gasteiger partial charge in [-0.2, -0.15) is 0 Å². The van der Waals surface area contributed by atoms with Gasteiger partial charge >= 0.3 is 0 Å². The zero-order valence-electron chi connectivity index (χ0n) is 5.91. The van der Waals surface area contributed by atoms with E-state index in [1.165, 1.54) is 0 Å². The third-order valence-corrected chi connectivity index (χ3v) is 1.63. The molecule has 0 aliphatic heterocycles. The Hall–Kier alpha value is -1.42. The van der Waals surface area contributed by atoms with E-state index >= 15 is 0 Å². The van der Waals surface area contributed by atoms with Crippen molar-refractivity contribution >= 4 is 11.0 Å². The number of aromatic nitrogens is 3. The molecule has 11 heavy (non-hydrogen) atoms. The lowest BCUT2D eigenvalue weighted by Crippen LogP contribution is -1.95. The molecule has 0 aliphatic carbocycles. The minimum absolute atomic E-state index is 0.544. The summed E-state index contributed by atoms with van der Waals surface area (Å²) in [7, 11) is 0. The number of hydrogen-bond donors (Lipinski definition) is 2. The van der Waals surface area contributed by atoms with Crippen LogP contribution in [0.15, 0.2) is 18.2 Å². The van der Waals surface area contributed by atoms with Gasteiger partial charge in [0.1, 0.15) is 5.52 Å². The average molecular weight is 148 g/mol. The summed E-state index contributed by atoms with van der Waals surface area (Å²) in [5, 5.41) is 10.3. The van der Waals surface area contributed by atoms with Crippen molar-refractivity contribution in [3.8, 4) is 0 Å². The summed E-state index contributed by atoms with van der Waals surface area (Å²) in [4.78, 5) is 0. The Morgan fingerprint density at radius 1 is 1.45 bits per heavy atom. The Balaban J connectivity index is 2.67. The standard InChI is InChI=1S/C7H8N4/c8-4-5-1-2-6-7(3-5)10-11-9-6/h1-3H,4,8H2,(H,9,10,11). The molecule has 0 saturated carbocycles. The molecular formula is C7H8N4. The second-order valence-electron chi connectivity index (χ2n) is 2.37. The molecule has 0 bridgehead atoms. The highest BCUT2D eigenvalue weighted by Crippen LogP contribution is 2.09. The van der Waals surface area contributed by atoms with Crippen LogP contribution in [0.25, 0.3) is 11.0 Å². The Kier molecular flexibility index (Phi) is 1.33. The summed E-state index contributed by atoms with van der Waals surface area (Å²) in [6.07, 6.45) is 0. The molecule has 56 valence electrons. The Labute approximate surface area is 63.4 Å². The van der Waals surface area contributed by atoms with Crippen LogP contribution in [0.1, 0.15) is 5.56 Å². The van der Waals surface area contributed by atoms with E-state index < -0.39 is 0 Å². The Morgan fingerprint density at radius 2 is 2.36 bits per heavy atom. The maximum absolute atomic E-state index is 5.45. The van der Waals surface area contributed by atoms with Gasteiger partial charge < -0.3 is 5.73 Å². The van der Waals surface area contributed by atoms with Crippen molar-refractivity contribution in [3.05, 3.63) is 23.8 Å². The van der Waals surface area contributed by atoms with Crippen molar-refractivity contribution in [2.45, 2.75) is 6.54 Å². The summed E-state index contributed by atoms with van der Waals surface area (Å²) in [6.45, 7) is 0.544. The van der Waals surface area contributed by atoms with Crippen LogP contribution in [0.4, 0.5) is 0 Å². The van der Waals surface area contributed by atoms with E-state index in [9.17, 15) is 0 Å². The van der Waals surface area contributed by atoms with Crippen LogP contribution in [0.2, 0.25) is 0 Å². The number of benzene rings is 1. The molecule has 0 fully saturated rings. The van der Waals surface area contributed by atoms with Crippen molar-refractivity contribution in [1.82, 2.24) is 15.4 Å². The number of nitrogens with one attached hydrogen (secondary N) is 1. The van der Waals surface area contributed by atoms with Gasteiger partial charge in [0.2, 0.25) is 0 Å². The van der Waals surface area contributed by atoms with Crippen LogP contribution < -0.4 is 5.73 Å². The van der Waals surface area contributed by atoms with Crippen LogP contribution in [-0.4, -0.2) is 15.4 Å². The summed E-state index contributed by atoms with van der Waals surface area (Å²) in [6, 6.07) is 5.82. The maximum Gasteiger partial charge on any atom is 0.113 e. The number of nitrogens with zero attached hydrogens (tertiary/aromatic N) is 2. The first-order valence-corrected chi connectivity index (χ1v) is 3.40. The van der Waals surface area contributed by atoms with Crippen molar-refractivity contribution < 1.29 is 0 Å². The highest BCUT2D eigenvalue weighted by molar-refractivity contribution is 5.73. The lowest BCUT2D eigenvalue weighted by molar-refractivity contribution is 0.959. The molecule has 1 heterocycles. The highest BCUT2D eigenvalue weighted by Gasteiger charge is 1.96. The van der Waals surface area contributed by atoms with Crippen molar-refractivity contribution in [3.63, 3.8) is 0 Å². The fourth-order valence-electron chi connectivity index (χ4n) is 1.01. The molecule has 0 aliphatic rings. The molecule has 4 nitrogen and oxygen atoms in total. The predicted octanol–water partition coefficient (Wildman–Crippen LogP) is 0.417. The third kappa shape index (κ3) is 0.969. The van der Waals surface area contributed by atoms with E-state index in [2.05, 4.69) is 15.4 Å². The summed E-state index contributed by atoms with van der Waals surface area (Å²) in [5.74, 6) is 0. The van der Waals surface area contributed by atoms with E-state index in [0.717, 1.165) is 16.6 Å². The first-order valence-electron chi connectivity index (χ1n) is 3.40. The van der Waals surface area contributed by atoms with E-state index in [0.29, 0.717) is 6.54 Å². The molecule has 2 aromatic rings. The number of aromatic amines is 1. The van der Waals surface area contributed by atoms with E-state index in [1.54, 1.807) is 0 Å². The Bertz CT molecular complexity index is 365. The van der Waals surface area contributed by atoms with E-state index in [1.807, 2.05) is 18.2 Å². The minimum Gasteiger partial charge on any atom is -0.326 e. The zero-order chi connectivity index (χ0) is 7.68. The van der Waals surface area contributed by atoms with Gasteiger partial charge in [-0.15, -0.1) is 5.10 Å². The van der Waals surface area contributed by atoms with Gasteiger partial charge in [-0.3, -0.25) is 5.10 Å². The molecular weight excluding hydrogens is 140 g/mol. The molecule has 0 radical (unpaired) electrons. The van der Waals surface area contributed by atoms with Crippen LogP contribution in [-0.2, 0) is 6.54 Å². The van der Waals surface area contributed by atoms with Crippen molar-refractivity contribution in [2.24, 2.45) is 5.73 Å². The van der Waals surface area contributed by atoms with Gasteiger partial charge in [0, 0.05) is 6.54 Å². The quantitative estimate of drug-likeness (QED) is 0.615. The minimum atomic E-state index is 0.544. The molecule has 0 unspecified atom stereocenters. The first-order chi connectivity index (χ1) is 5.40. The lowest BCUT2D eigenvalue weighted by atomic mass is 10.2. The highest BCUT2D eigenvalue weighted by atomic mass is 15.3. The average Bonchev–Trinajstić information content (AvgIpc) is 2.50. The molecule has 4 heteroatoms. The van der Waals surface area contributed by atoms with Gasteiger partial charge in [-0.1, -0.05) is 11.3 Å². The third-order valence-electron chi connectivity index (χ3n) is 1.63. The van der Waals surface area contributed by atoms with Crippen molar-refractivity contribution in [2.75, 3.05) is 0 Å². The van der Waals surface area contributed by atoms with Crippen LogP contribution in [0, 0.1) is 0 Å². The van der Waals surface area contributed by atoms with Gasteiger partial charge in [0.25, 0.3) is 0 Å². The smallest absolute Gasteiger partial charge is 0.113 e. The molecule has 1 aromatic carbocycles. The number of fused-ring (bicyclic) bond motifs is 1. The maximum atomic E-state index is 5.45. The largest absolute Gasteiger partial charge is 0.326 e. The molecule has 0 atom stereocenters. The second kappa shape index (κ2) is 2.32. The second-order valence-corrected chi connectivity index (χ2v) is 2.37. The van der Waals surface area contributed by atoms with Gasteiger partial charge in [0.15, 0.2) is 0 Å². The number of rotatable bonds is 1. The summed E-state index contributed by atoms with van der Waals surface area (Å²) < 4.78 is 0. The molecule has 0 spiro atoms. The Morgan fingerprint density at radius 3 is 3.18 bits per heavy atom. The molecule has 0 saturated heterocycles. The molecule has 2 rings (SSSR count). The van der Waals surface area contributed by atoms with Crippen LogP contribution in [0.3, 0.4) is 0 Å². The lowest BCUT2D eigenvalue weighted by Gasteiger charge is -1.92. The molecule has 0 amide bonds. The zero-order valence-corrected chi connectivity index (χ0v) is 5.91. The van der Waals surface area contributed by atoms with Crippen LogP contribution in [0.5, 0.6) is 0 Å². The predicted molar refractivity (Wildman–Crippen MR) is 41.8 cm³/mol. The topological polar surface area (TPSA) is 67.6 Å². The van der Waals surface area contributed by atoms with Crippen molar-refractivity contribution in [1.29, 1.82) is 0 Å². The summed E-state index contributed by atoms with van der Waals surface area (Å²) >= 11 is 0.